The zero-order valence-corrected chi connectivity index (χ0v) is 12.4. The lowest BCUT2D eigenvalue weighted by Crippen LogP contribution is -2.46. The monoisotopic (exact) mass is 294 g/mol. The van der Waals surface area contributed by atoms with Crippen LogP contribution in [-0.4, -0.2) is 43.5 Å². The molecular formula is C15H22N2O4. The number of nitrogens with two attached hydrogens (primary N) is 1. The Kier molecular flexibility index (Phi) is 4.69. The highest BCUT2D eigenvalue weighted by Crippen LogP contribution is 2.29. The van der Waals surface area contributed by atoms with E-state index in [-0.39, 0.29) is 6.61 Å². The first kappa shape index (κ1) is 15.6. The maximum Gasteiger partial charge on any atom is 0.340 e. The number of rotatable bonds is 4. The summed E-state index contributed by atoms with van der Waals surface area (Å²) in [6.45, 7) is 3.05. The van der Waals surface area contributed by atoms with E-state index < -0.39 is 11.5 Å². The molecule has 0 bridgehead atoms. The highest BCUT2D eigenvalue weighted by molar-refractivity contribution is 5.97. The van der Waals surface area contributed by atoms with Crippen molar-refractivity contribution in [3.8, 4) is 0 Å². The molecule has 1 aliphatic heterocycles. The van der Waals surface area contributed by atoms with Gasteiger partial charge in [0.05, 0.1) is 24.8 Å². The van der Waals surface area contributed by atoms with Gasteiger partial charge in [0.2, 0.25) is 0 Å². The SMILES string of the molecule is COC(=O)c1cc(NC2(CO)CCOCC2)cc(C)c1N. The molecule has 1 aliphatic rings. The van der Waals surface area contributed by atoms with E-state index >= 15 is 0 Å². The molecule has 1 aromatic carbocycles. The van der Waals surface area contributed by atoms with Crippen molar-refractivity contribution < 1.29 is 19.4 Å². The van der Waals surface area contributed by atoms with Gasteiger partial charge in [-0.05, 0) is 37.5 Å². The number of aliphatic hydroxyl groups is 1. The molecule has 4 N–H and O–H groups in total. The van der Waals surface area contributed by atoms with Gasteiger partial charge in [-0.1, -0.05) is 0 Å². The summed E-state index contributed by atoms with van der Waals surface area (Å²) in [5.74, 6) is -0.468. The quantitative estimate of drug-likeness (QED) is 0.573. The summed E-state index contributed by atoms with van der Waals surface area (Å²) in [4.78, 5) is 11.8. The first-order chi connectivity index (χ1) is 10.0. The summed E-state index contributed by atoms with van der Waals surface area (Å²) >= 11 is 0. The number of hydrogen-bond donors (Lipinski definition) is 3. The third kappa shape index (κ3) is 3.28. The predicted molar refractivity (Wildman–Crippen MR) is 80.4 cm³/mol. The number of carbonyl (C=O) groups excluding carboxylic acids is 1. The molecule has 0 atom stereocenters. The number of esters is 1. The minimum atomic E-state index is -0.468. The number of carbonyl (C=O) groups is 1. The number of nitrogen functional groups attached to an aromatic ring is 1. The average molecular weight is 294 g/mol. The Hall–Kier alpha value is -1.79. The number of hydrogen-bond acceptors (Lipinski definition) is 6. The van der Waals surface area contributed by atoms with Crippen molar-refractivity contribution in [1.82, 2.24) is 0 Å². The van der Waals surface area contributed by atoms with Crippen molar-refractivity contribution in [2.75, 3.05) is 38.0 Å². The third-order valence-corrected chi connectivity index (χ3v) is 3.95. The minimum Gasteiger partial charge on any atom is -0.465 e. The van der Waals surface area contributed by atoms with E-state index in [1.54, 1.807) is 6.07 Å². The van der Waals surface area contributed by atoms with Gasteiger partial charge in [-0.15, -0.1) is 0 Å². The van der Waals surface area contributed by atoms with Crippen molar-refractivity contribution in [2.24, 2.45) is 0 Å². The van der Waals surface area contributed by atoms with Crippen LogP contribution in [-0.2, 0) is 9.47 Å². The van der Waals surface area contributed by atoms with Crippen LogP contribution in [0.5, 0.6) is 0 Å². The molecule has 0 spiro atoms. The molecule has 6 heteroatoms. The Bertz CT molecular complexity index is 525. The lowest BCUT2D eigenvalue weighted by atomic mass is 9.90. The highest BCUT2D eigenvalue weighted by atomic mass is 16.5. The van der Waals surface area contributed by atoms with Crippen LogP contribution < -0.4 is 11.1 Å². The van der Waals surface area contributed by atoms with Gasteiger partial charge in [-0.25, -0.2) is 4.79 Å². The van der Waals surface area contributed by atoms with Crippen LogP contribution in [0.4, 0.5) is 11.4 Å². The van der Waals surface area contributed by atoms with Crippen LogP contribution >= 0.6 is 0 Å². The first-order valence-electron chi connectivity index (χ1n) is 6.96. The molecule has 6 nitrogen and oxygen atoms in total. The Labute approximate surface area is 124 Å². The van der Waals surface area contributed by atoms with Crippen LogP contribution in [0.1, 0.15) is 28.8 Å². The van der Waals surface area contributed by atoms with Crippen molar-refractivity contribution in [3.63, 3.8) is 0 Å². The molecule has 21 heavy (non-hydrogen) atoms. The van der Waals surface area contributed by atoms with Gasteiger partial charge >= 0.3 is 5.97 Å². The minimum absolute atomic E-state index is 0.00728. The van der Waals surface area contributed by atoms with Crippen LogP contribution in [0.15, 0.2) is 12.1 Å². The van der Waals surface area contributed by atoms with Crippen LogP contribution in [0.2, 0.25) is 0 Å². The lowest BCUT2D eigenvalue weighted by molar-refractivity contribution is 0.0380. The molecule has 1 aromatic rings. The van der Waals surface area contributed by atoms with E-state index in [0.717, 1.165) is 11.3 Å². The Morgan fingerprint density at radius 1 is 1.48 bits per heavy atom. The summed E-state index contributed by atoms with van der Waals surface area (Å²) < 4.78 is 10.1. The number of benzene rings is 1. The average Bonchev–Trinajstić information content (AvgIpc) is 2.51. The lowest BCUT2D eigenvalue weighted by Gasteiger charge is -2.37. The van der Waals surface area contributed by atoms with Gasteiger partial charge in [0.1, 0.15) is 0 Å². The zero-order chi connectivity index (χ0) is 15.5. The molecule has 1 saturated heterocycles. The molecule has 0 amide bonds. The van der Waals surface area contributed by atoms with E-state index in [4.69, 9.17) is 15.2 Å². The van der Waals surface area contributed by atoms with Crippen LogP contribution in [0.25, 0.3) is 0 Å². The van der Waals surface area contributed by atoms with Crippen LogP contribution in [0, 0.1) is 6.92 Å². The summed E-state index contributed by atoms with van der Waals surface area (Å²) in [5, 5.41) is 13.1. The fourth-order valence-electron chi connectivity index (χ4n) is 2.54. The maximum atomic E-state index is 11.8. The highest BCUT2D eigenvalue weighted by Gasteiger charge is 2.32. The summed E-state index contributed by atoms with van der Waals surface area (Å²) in [5.41, 5.74) is 7.79. The van der Waals surface area contributed by atoms with Crippen molar-refractivity contribution in [1.29, 1.82) is 0 Å². The molecule has 0 unspecified atom stereocenters. The molecule has 0 aliphatic carbocycles. The Morgan fingerprint density at radius 3 is 2.71 bits per heavy atom. The molecule has 0 radical (unpaired) electrons. The molecule has 0 aromatic heterocycles. The number of aryl methyl sites for hydroxylation is 1. The molecular weight excluding hydrogens is 272 g/mol. The van der Waals surface area contributed by atoms with Gasteiger partial charge < -0.3 is 25.6 Å². The van der Waals surface area contributed by atoms with E-state index in [9.17, 15) is 9.90 Å². The van der Waals surface area contributed by atoms with E-state index in [2.05, 4.69) is 5.32 Å². The number of ether oxygens (including phenoxy) is 2. The van der Waals surface area contributed by atoms with E-state index in [1.165, 1.54) is 7.11 Å². The second-order valence-electron chi connectivity index (χ2n) is 5.42. The van der Waals surface area contributed by atoms with Gasteiger partial charge in [0.15, 0.2) is 0 Å². The Morgan fingerprint density at radius 2 is 2.14 bits per heavy atom. The molecule has 0 saturated carbocycles. The zero-order valence-electron chi connectivity index (χ0n) is 12.4. The topological polar surface area (TPSA) is 93.8 Å². The Balaban J connectivity index is 2.31. The number of aliphatic hydroxyl groups excluding tert-OH is 1. The predicted octanol–water partition coefficient (Wildman–Crippen LogP) is 1.32. The number of methoxy groups -OCH3 is 1. The molecule has 1 heterocycles. The molecule has 1 fully saturated rings. The number of nitrogens with one attached hydrogen (secondary N) is 1. The largest absolute Gasteiger partial charge is 0.465 e. The smallest absolute Gasteiger partial charge is 0.340 e. The fourth-order valence-corrected chi connectivity index (χ4v) is 2.54. The van der Waals surface area contributed by atoms with Crippen molar-refractivity contribution >= 4 is 17.3 Å². The fraction of sp³-hybridized carbons (Fsp3) is 0.533. The standard InChI is InChI=1S/C15H22N2O4/c1-10-7-11(8-12(13(10)16)14(19)20-2)17-15(9-18)3-5-21-6-4-15/h7-8,17-18H,3-6,9,16H2,1-2H3. The summed E-state index contributed by atoms with van der Waals surface area (Å²) in [6.07, 6.45) is 1.42. The second-order valence-corrected chi connectivity index (χ2v) is 5.42. The first-order valence-corrected chi connectivity index (χ1v) is 6.96. The summed E-state index contributed by atoms with van der Waals surface area (Å²) in [6, 6.07) is 3.54. The van der Waals surface area contributed by atoms with E-state index in [0.29, 0.717) is 37.3 Å². The van der Waals surface area contributed by atoms with Crippen molar-refractivity contribution in [2.45, 2.75) is 25.3 Å². The number of anilines is 2. The molecule has 2 rings (SSSR count). The molecule has 116 valence electrons. The van der Waals surface area contributed by atoms with Gasteiger partial charge in [-0.2, -0.15) is 0 Å². The van der Waals surface area contributed by atoms with Crippen LogP contribution in [0.3, 0.4) is 0 Å². The maximum absolute atomic E-state index is 11.8. The van der Waals surface area contributed by atoms with E-state index in [1.807, 2.05) is 13.0 Å². The van der Waals surface area contributed by atoms with Gasteiger partial charge in [-0.3, -0.25) is 0 Å². The second kappa shape index (κ2) is 6.32. The van der Waals surface area contributed by atoms with Gasteiger partial charge in [0.25, 0.3) is 0 Å². The van der Waals surface area contributed by atoms with Gasteiger partial charge in [0, 0.05) is 24.6 Å². The normalized spacial score (nSPS) is 17.3. The third-order valence-electron chi connectivity index (χ3n) is 3.95. The summed E-state index contributed by atoms with van der Waals surface area (Å²) in [7, 11) is 1.32. The van der Waals surface area contributed by atoms with Crippen molar-refractivity contribution in [3.05, 3.63) is 23.3 Å².